The molecule has 0 radical (unpaired) electrons. The van der Waals surface area contributed by atoms with Crippen molar-refractivity contribution in [3.63, 3.8) is 0 Å². The quantitative estimate of drug-likeness (QED) is 0.706. The molecular formula is C11H14N2O. The zero-order valence-electron chi connectivity index (χ0n) is 8.42. The van der Waals surface area contributed by atoms with Crippen LogP contribution in [0.5, 0.6) is 0 Å². The van der Waals surface area contributed by atoms with Gasteiger partial charge in [0.1, 0.15) is 0 Å². The molecule has 0 saturated carbocycles. The zero-order valence-corrected chi connectivity index (χ0v) is 8.42. The molecule has 1 aromatic carbocycles. The Kier molecular flexibility index (Phi) is 2.25. The Labute approximate surface area is 83.5 Å². The third kappa shape index (κ3) is 1.51. The molecule has 2 rings (SSSR count). The van der Waals surface area contributed by atoms with Crippen LogP contribution in [0.3, 0.4) is 0 Å². The minimum absolute atomic E-state index is 0.0840. The Morgan fingerprint density at radius 3 is 3.00 bits per heavy atom. The van der Waals surface area contributed by atoms with Gasteiger partial charge in [-0.1, -0.05) is 17.7 Å². The molecule has 1 aromatic rings. The Hall–Kier alpha value is -1.35. The maximum atomic E-state index is 11.3. The van der Waals surface area contributed by atoms with Crippen LogP contribution < -0.4 is 10.6 Å². The largest absolute Gasteiger partial charge is 0.326 e. The normalized spacial score (nSPS) is 20.1. The summed E-state index contributed by atoms with van der Waals surface area (Å²) in [5, 5.41) is 6.03. The fraction of sp³-hybridized carbons (Fsp3) is 0.364. The van der Waals surface area contributed by atoms with Crippen LogP contribution in [0.1, 0.15) is 23.6 Å². The van der Waals surface area contributed by atoms with Crippen LogP contribution in [-0.4, -0.2) is 13.0 Å². The molecule has 1 aliphatic rings. The van der Waals surface area contributed by atoms with Gasteiger partial charge in [-0.3, -0.25) is 4.79 Å². The maximum absolute atomic E-state index is 11.3. The van der Waals surface area contributed by atoms with Crippen molar-refractivity contribution in [1.29, 1.82) is 0 Å². The molecule has 0 bridgehead atoms. The average molecular weight is 190 g/mol. The number of anilines is 1. The third-order valence-corrected chi connectivity index (χ3v) is 2.59. The molecular weight excluding hydrogens is 176 g/mol. The fourth-order valence-corrected chi connectivity index (χ4v) is 1.84. The van der Waals surface area contributed by atoms with Crippen molar-refractivity contribution < 1.29 is 4.79 Å². The van der Waals surface area contributed by atoms with E-state index in [2.05, 4.69) is 23.6 Å². The summed E-state index contributed by atoms with van der Waals surface area (Å²) in [5.41, 5.74) is 3.35. The van der Waals surface area contributed by atoms with E-state index >= 15 is 0 Å². The molecule has 1 aliphatic heterocycles. The van der Waals surface area contributed by atoms with Gasteiger partial charge >= 0.3 is 0 Å². The second-order valence-corrected chi connectivity index (χ2v) is 3.68. The van der Waals surface area contributed by atoms with Crippen molar-refractivity contribution in [2.75, 3.05) is 12.4 Å². The second kappa shape index (κ2) is 3.42. The molecule has 74 valence electrons. The van der Waals surface area contributed by atoms with Crippen molar-refractivity contribution >= 4 is 11.6 Å². The van der Waals surface area contributed by atoms with Crippen molar-refractivity contribution in [2.45, 2.75) is 19.4 Å². The van der Waals surface area contributed by atoms with Gasteiger partial charge in [-0.25, -0.2) is 0 Å². The van der Waals surface area contributed by atoms with Gasteiger partial charge in [-0.15, -0.1) is 0 Å². The Morgan fingerprint density at radius 2 is 2.29 bits per heavy atom. The number of hydrogen-bond acceptors (Lipinski definition) is 2. The number of carbonyl (C=O) groups is 1. The van der Waals surface area contributed by atoms with Gasteiger partial charge in [-0.05, 0) is 25.6 Å². The van der Waals surface area contributed by atoms with Gasteiger partial charge in [0.05, 0.1) is 0 Å². The molecule has 0 saturated heterocycles. The highest BCUT2D eigenvalue weighted by atomic mass is 16.1. The standard InChI is InChI=1S/C11H14N2O/c1-7-3-4-9-8(5-7)10(12-2)6-11(14)13-9/h3-5,10,12H,6H2,1-2H3,(H,13,14). The lowest BCUT2D eigenvalue weighted by atomic mass is 9.96. The van der Waals surface area contributed by atoms with Crippen LogP contribution in [0.15, 0.2) is 18.2 Å². The molecule has 2 N–H and O–H groups in total. The van der Waals surface area contributed by atoms with Crippen LogP contribution in [0.4, 0.5) is 5.69 Å². The number of benzene rings is 1. The molecule has 1 heterocycles. The van der Waals surface area contributed by atoms with Crippen LogP contribution in [0, 0.1) is 6.92 Å². The topological polar surface area (TPSA) is 41.1 Å². The van der Waals surface area contributed by atoms with E-state index in [9.17, 15) is 4.79 Å². The summed E-state index contributed by atoms with van der Waals surface area (Å²) in [6.07, 6.45) is 0.521. The van der Waals surface area contributed by atoms with Gasteiger partial charge in [0.15, 0.2) is 0 Å². The number of aryl methyl sites for hydroxylation is 1. The van der Waals surface area contributed by atoms with Crippen molar-refractivity contribution in [2.24, 2.45) is 0 Å². The lowest BCUT2D eigenvalue weighted by Gasteiger charge is -2.25. The SMILES string of the molecule is CNC1CC(=O)Nc2ccc(C)cc21. The van der Waals surface area contributed by atoms with Gasteiger partial charge in [0.2, 0.25) is 5.91 Å². The number of hydrogen-bond donors (Lipinski definition) is 2. The summed E-state index contributed by atoms with van der Waals surface area (Å²) in [6.45, 7) is 2.06. The number of amides is 1. The van der Waals surface area contributed by atoms with E-state index in [1.165, 1.54) is 11.1 Å². The molecule has 1 amide bonds. The van der Waals surface area contributed by atoms with Gasteiger partial charge in [0, 0.05) is 18.2 Å². The van der Waals surface area contributed by atoms with Crippen LogP contribution >= 0.6 is 0 Å². The molecule has 14 heavy (non-hydrogen) atoms. The molecule has 0 aliphatic carbocycles. The molecule has 1 atom stereocenters. The number of fused-ring (bicyclic) bond motifs is 1. The minimum Gasteiger partial charge on any atom is -0.326 e. The predicted octanol–water partition coefficient (Wildman–Crippen LogP) is 1.60. The first-order valence-corrected chi connectivity index (χ1v) is 4.78. The predicted molar refractivity (Wildman–Crippen MR) is 56.2 cm³/mol. The summed E-state index contributed by atoms with van der Waals surface area (Å²) < 4.78 is 0. The van der Waals surface area contributed by atoms with E-state index < -0.39 is 0 Å². The van der Waals surface area contributed by atoms with E-state index in [0.717, 1.165) is 5.69 Å². The highest BCUT2D eigenvalue weighted by Gasteiger charge is 2.23. The molecule has 0 spiro atoms. The first kappa shape index (κ1) is 9.21. The summed E-state index contributed by atoms with van der Waals surface area (Å²) in [5.74, 6) is 0.0840. The Morgan fingerprint density at radius 1 is 1.50 bits per heavy atom. The lowest BCUT2D eigenvalue weighted by Crippen LogP contribution is -2.29. The van der Waals surface area contributed by atoms with E-state index in [1.807, 2.05) is 19.2 Å². The molecule has 3 nitrogen and oxygen atoms in total. The highest BCUT2D eigenvalue weighted by Crippen LogP contribution is 2.30. The maximum Gasteiger partial charge on any atom is 0.226 e. The van der Waals surface area contributed by atoms with Crippen molar-refractivity contribution in [3.05, 3.63) is 29.3 Å². The van der Waals surface area contributed by atoms with Gasteiger partial charge in [-0.2, -0.15) is 0 Å². The van der Waals surface area contributed by atoms with E-state index in [1.54, 1.807) is 0 Å². The number of carbonyl (C=O) groups excluding carboxylic acids is 1. The fourth-order valence-electron chi connectivity index (χ4n) is 1.84. The molecule has 3 heteroatoms. The number of nitrogens with one attached hydrogen (secondary N) is 2. The average Bonchev–Trinajstić information content (AvgIpc) is 2.17. The van der Waals surface area contributed by atoms with E-state index in [-0.39, 0.29) is 11.9 Å². The Balaban J connectivity index is 2.46. The lowest BCUT2D eigenvalue weighted by molar-refractivity contribution is -0.117. The molecule has 0 aromatic heterocycles. The van der Waals surface area contributed by atoms with Crippen LogP contribution in [0.25, 0.3) is 0 Å². The molecule has 0 fully saturated rings. The van der Waals surface area contributed by atoms with Gasteiger partial charge < -0.3 is 10.6 Å². The first-order valence-electron chi connectivity index (χ1n) is 4.78. The van der Waals surface area contributed by atoms with Gasteiger partial charge in [0.25, 0.3) is 0 Å². The number of rotatable bonds is 1. The van der Waals surface area contributed by atoms with Crippen molar-refractivity contribution in [3.8, 4) is 0 Å². The molecule has 1 unspecified atom stereocenters. The highest BCUT2D eigenvalue weighted by molar-refractivity contribution is 5.94. The summed E-state index contributed by atoms with van der Waals surface area (Å²) in [4.78, 5) is 11.3. The smallest absolute Gasteiger partial charge is 0.226 e. The third-order valence-electron chi connectivity index (χ3n) is 2.59. The second-order valence-electron chi connectivity index (χ2n) is 3.68. The monoisotopic (exact) mass is 190 g/mol. The Bertz CT molecular complexity index is 374. The van der Waals surface area contributed by atoms with Crippen molar-refractivity contribution in [1.82, 2.24) is 5.32 Å². The summed E-state index contributed by atoms with van der Waals surface area (Å²) in [6, 6.07) is 6.25. The minimum atomic E-state index is 0.0840. The summed E-state index contributed by atoms with van der Waals surface area (Å²) >= 11 is 0. The van der Waals surface area contributed by atoms with E-state index in [0.29, 0.717) is 6.42 Å². The summed E-state index contributed by atoms with van der Waals surface area (Å²) in [7, 11) is 1.88. The van der Waals surface area contributed by atoms with E-state index in [4.69, 9.17) is 0 Å². The van der Waals surface area contributed by atoms with Crippen LogP contribution in [0.2, 0.25) is 0 Å². The first-order chi connectivity index (χ1) is 6.70. The van der Waals surface area contributed by atoms with Crippen LogP contribution in [-0.2, 0) is 4.79 Å². The zero-order chi connectivity index (χ0) is 10.1.